The van der Waals surface area contributed by atoms with Crippen molar-refractivity contribution in [2.24, 2.45) is 0 Å². The second-order valence-electron chi connectivity index (χ2n) is 5.86. The molecular formula is C18H18BrN3O4. The molecule has 2 rings (SSSR count). The van der Waals surface area contributed by atoms with Gasteiger partial charge in [-0.2, -0.15) is 0 Å². The first kappa shape index (κ1) is 19.6. The number of non-ortho nitro benzene ring substituents is 1. The van der Waals surface area contributed by atoms with Crippen LogP contribution in [-0.4, -0.2) is 35.2 Å². The van der Waals surface area contributed by atoms with Crippen LogP contribution in [0.3, 0.4) is 0 Å². The summed E-state index contributed by atoms with van der Waals surface area (Å²) < 4.78 is 0.920. The molecule has 0 aromatic heterocycles. The molecule has 2 aromatic rings. The molecule has 0 atom stereocenters. The summed E-state index contributed by atoms with van der Waals surface area (Å²) in [5.41, 5.74) is 2.22. The number of carbonyl (C=O) groups excluding carboxylic acids is 2. The summed E-state index contributed by atoms with van der Waals surface area (Å²) in [6, 6.07) is 11.3. The van der Waals surface area contributed by atoms with Crippen LogP contribution in [0.25, 0.3) is 0 Å². The molecule has 0 unspecified atom stereocenters. The van der Waals surface area contributed by atoms with E-state index in [1.807, 2.05) is 19.1 Å². The molecule has 1 N–H and O–H groups in total. The first-order valence-electron chi connectivity index (χ1n) is 7.79. The van der Waals surface area contributed by atoms with Crippen molar-refractivity contribution < 1.29 is 14.5 Å². The van der Waals surface area contributed by atoms with E-state index in [-0.39, 0.29) is 30.5 Å². The minimum absolute atomic E-state index is 0.0289. The largest absolute Gasteiger partial charge is 0.336 e. The normalized spacial score (nSPS) is 10.3. The molecular weight excluding hydrogens is 402 g/mol. The van der Waals surface area contributed by atoms with Gasteiger partial charge in [0.15, 0.2) is 0 Å². The molecule has 136 valence electrons. The van der Waals surface area contributed by atoms with Crippen LogP contribution in [0.2, 0.25) is 0 Å². The van der Waals surface area contributed by atoms with Crippen molar-refractivity contribution in [2.75, 3.05) is 18.9 Å². The number of halogens is 1. The Bertz CT molecular complexity index is 837. The fourth-order valence-electron chi connectivity index (χ4n) is 2.31. The van der Waals surface area contributed by atoms with Gasteiger partial charge in [-0.25, -0.2) is 0 Å². The van der Waals surface area contributed by atoms with E-state index in [0.29, 0.717) is 11.3 Å². The summed E-state index contributed by atoms with van der Waals surface area (Å²) in [5.74, 6) is -0.545. The fourth-order valence-corrected chi connectivity index (χ4v) is 2.78. The number of nitrogens with zero attached hydrogens (tertiary/aromatic N) is 2. The summed E-state index contributed by atoms with van der Waals surface area (Å²) in [6.45, 7) is 1.80. The van der Waals surface area contributed by atoms with Crippen LogP contribution >= 0.6 is 15.9 Å². The maximum absolute atomic E-state index is 12.2. The van der Waals surface area contributed by atoms with Crippen LogP contribution in [0, 0.1) is 17.0 Å². The SMILES string of the molecule is Cc1cc(Br)ccc1NC(=O)CN(C)C(=O)Cc1ccc([N+](=O)[O-])cc1. The van der Waals surface area contributed by atoms with Gasteiger partial charge in [0.2, 0.25) is 11.8 Å². The second kappa shape index (κ2) is 8.57. The average Bonchev–Trinajstić information content (AvgIpc) is 2.57. The number of nitro groups is 1. The Morgan fingerprint density at radius 2 is 1.85 bits per heavy atom. The maximum Gasteiger partial charge on any atom is 0.269 e. The highest BCUT2D eigenvalue weighted by Gasteiger charge is 2.15. The van der Waals surface area contributed by atoms with Crippen LogP contribution in [-0.2, 0) is 16.0 Å². The number of hydrogen-bond donors (Lipinski definition) is 1. The average molecular weight is 420 g/mol. The zero-order valence-corrected chi connectivity index (χ0v) is 15.9. The standard InChI is InChI=1S/C18H18BrN3O4/c1-12-9-14(19)5-8-16(12)20-17(23)11-21(2)18(24)10-13-3-6-15(7-4-13)22(25)26/h3-9H,10-11H2,1-2H3,(H,20,23). The molecule has 0 aliphatic carbocycles. The third-order valence-electron chi connectivity index (χ3n) is 3.77. The van der Waals surface area contributed by atoms with Crippen molar-refractivity contribution in [1.82, 2.24) is 4.90 Å². The van der Waals surface area contributed by atoms with Gasteiger partial charge in [-0.1, -0.05) is 28.1 Å². The molecule has 2 aromatic carbocycles. The van der Waals surface area contributed by atoms with Crippen molar-refractivity contribution in [2.45, 2.75) is 13.3 Å². The maximum atomic E-state index is 12.2. The van der Waals surface area contributed by atoms with E-state index < -0.39 is 4.92 Å². The molecule has 0 aliphatic heterocycles. The number of anilines is 1. The molecule has 0 fully saturated rings. The van der Waals surface area contributed by atoms with E-state index in [1.54, 1.807) is 13.1 Å². The zero-order chi connectivity index (χ0) is 19.3. The summed E-state index contributed by atoms with van der Waals surface area (Å²) in [7, 11) is 1.54. The summed E-state index contributed by atoms with van der Waals surface area (Å²) in [4.78, 5) is 35.9. The Balaban J connectivity index is 1.91. The number of likely N-dealkylation sites (N-methyl/N-ethyl adjacent to an activating group) is 1. The molecule has 0 heterocycles. The third-order valence-corrected chi connectivity index (χ3v) is 4.26. The Hall–Kier alpha value is -2.74. The van der Waals surface area contributed by atoms with Crippen LogP contribution in [0.4, 0.5) is 11.4 Å². The van der Waals surface area contributed by atoms with Gasteiger partial charge in [-0.15, -0.1) is 0 Å². The Kier molecular flexibility index (Phi) is 6.46. The Labute approximate surface area is 159 Å². The highest BCUT2D eigenvalue weighted by atomic mass is 79.9. The van der Waals surface area contributed by atoms with E-state index in [2.05, 4.69) is 21.2 Å². The summed E-state index contributed by atoms with van der Waals surface area (Å²) in [6.07, 6.45) is 0.0685. The second-order valence-corrected chi connectivity index (χ2v) is 6.77. The predicted octanol–water partition coefficient (Wildman–Crippen LogP) is 3.31. The van der Waals surface area contributed by atoms with Gasteiger partial charge in [0, 0.05) is 29.3 Å². The number of nitro benzene ring substituents is 1. The monoisotopic (exact) mass is 419 g/mol. The molecule has 0 spiro atoms. The number of aryl methyl sites for hydroxylation is 1. The summed E-state index contributed by atoms with van der Waals surface area (Å²) >= 11 is 3.36. The van der Waals surface area contributed by atoms with Gasteiger partial charge in [-0.05, 0) is 36.2 Å². The minimum Gasteiger partial charge on any atom is -0.336 e. The first-order valence-corrected chi connectivity index (χ1v) is 8.59. The Morgan fingerprint density at radius 3 is 2.42 bits per heavy atom. The van der Waals surface area contributed by atoms with Crippen LogP contribution in [0.1, 0.15) is 11.1 Å². The van der Waals surface area contributed by atoms with Gasteiger partial charge >= 0.3 is 0 Å². The van der Waals surface area contributed by atoms with Crippen molar-refractivity contribution in [3.05, 3.63) is 68.2 Å². The van der Waals surface area contributed by atoms with Crippen LogP contribution in [0.5, 0.6) is 0 Å². The van der Waals surface area contributed by atoms with Gasteiger partial charge in [0.1, 0.15) is 0 Å². The molecule has 0 saturated heterocycles. The van der Waals surface area contributed by atoms with Crippen molar-refractivity contribution in [3.63, 3.8) is 0 Å². The molecule has 0 bridgehead atoms. The lowest BCUT2D eigenvalue weighted by molar-refractivity contribution is -0.384. The number of amides is 2. The number of carbonyl (C=O) groups is 2. The Morgan fingerprint density at radius 1 is 1.19 bits per heavy atom. The highest BCUT2D eigenvalue weighted by Crippen LogP contribution is 2.20. The van der Waals surface area contributed by atoms with Gasteiger partial charge in [0.05, 0.1) is 17.9 Å². The molecule has 0 saturated carbocycles. The van der Waals surface area contributed by atoms with E-state index >= 15 is 0 Å². The van der Waals surface area contributed by atoms with Crippen LogP contribution in [0.15, 0.2) is 46.9 Å². The smallest absolute Gasteiger partial charge is 0.269 e. The predicted molar refractivity (Wildman–Crippen MR) is 102 cm³/mol. The number of hydrogen-bond acceptors (Lipinski definition) is 4. The first-order chi connectivity index (χ1) is 12.3. The van der Waals surface area contributed by atoms with Gasteiger partial charge in [-0.3, -0.25) is 19.7 Å². The lowest BCUT2D eigenvalue weighted by atomic mass is 10.1. The van der Waals surface area contributed by atoms with Crippen molar-refractivity contribution >= 4 is 39.1 Å². The minimum atomic E-state index is -0.494. The third kappa shape index (κ3) is 5.38. The quantitative estimate of drug-likeness (QED) is 0.573. The number of benzene rings is 2. The topological polar surface area (TPSA) is 92.6 Å². The van der Waals surface area contributed by atoms with E-state index in [0.717, 1.165) is 10.0 Å². The molecule has 7 nitrogen and oxygen atoms in total. The number of nitrogens with one attached hydrogen (secondary N) is 1. The zero-order valence-electron chi connectivity index (χ0n) is 14.4. The van der Waals surface area contributed by atoms with Gasteiger partial charge < -0.3 is 10.2 Å². The molecule has 8 heteroatoms. The van der Waals surface area contributed by atoms with Crippen molar-refractivity contribution in [3.8, 4) is 0 Å². The molecule has 0 radical (unpaired) electrons. The molecule has 0 aliphatic rings. The lowest BCUT2D eigenvalue weighted by Crippen LogP contribution is -2.35. The van der Waals surface area contributed by atoms with E-state index in [9.17, 15) is 19.7 Å². The lowest BCUT2D eigenvalue weighted by Gasteiger charge is -2.17. The van der Waals surface area contributed by atoms with Gasteiger partial charge in [0.25, 0.3) is 5.69 Å². The summed E-state index contributed by atoms with van der Waals surface area (Å²) in [5, 5.41) is 13.4. The fraction of sp³-hybridized carbons (Fsp3) is 0.222. The van der Waals surface area contributed by atoms with E-state index in [1.165, 1.54) is 29.2 Å². The van der Waals surface area contributed by atoms with Crippen molar-refractivity contribution in [1.29, 1.82) is 0 Å². The molecule has 26 heavy (non-hydrogen) atoms. The number of rotatable bonds is 6. The van der Waals surface area contributed by atoms with E-state index in [4.69, 9.17) is 0 Å². The highest BCUT2D eigenvalue weighted by molar-refractivity contribution is 9.10. The van der Waals surface area contributed by atoms with Crippen LogP contribution < -0.4 is 5.32 Å². The molecule has 2 amide bonds.